The Hall–Kier alpha value is -2.31. The van der Waals surface area contributed by atoms with Gasteiger partial charge in [-0.1, -0.05) is 18.2 Å². The minimum absolute atomic E-state index is 0.107. The molecule has 6 heteroatoms. The lowest BCUT2D eigenvalue weighted by molar-refractivity contribution is -0.120. The molecule has 2 aromatic heterocycles. The molecule has 0 saturated carbocycles. The first-order valence-corrected chi connectivity index (χ1v) is 9.90. The van der Waals surface area contributed by atoms with Gasteiger partial charge in [-0.25, -0.2) is 0 Å². The van der Waals surface area contributed by atoms with Crippen molar-refractivity contribution in [2.45, 2.75) is 6.42 Å². The molecule has 1 aliphatic heterocycles. The van der Waals surface area contributed by atoms with Gasteiger partial charge in [-0.05, 0) is 23.6 Å². The van der Waals surface area contributed by atoms with Gasteiger partial charge in [0.1, 0.15) is 0 Å². The number of carbonyl (C=O) groups excluding carboxylic acids is 1. The fraction of sp³-hybridized carbons (Fsp3) is 0.350. The number of anilines is 1. The summed E-state index contributed by atoms with van der Waals surface area (Å²) in [5, 5.41) is 6.19. The van der Waals surface area contributed by atoms with Gasteiger partial charge in [0.2, 0.25) is 5.91 Å². The highest BCUT2D eigenvalue weighted by Crippen LogP contribution is 2.28. The second-order valence-electron chi connectivity index (χ2n) is 6.55. The molecule has 1 aliphatic rings. The van der Waals surface area contributed by atoms with Crippen molar-refractivity contribution >= 4 is 33.9 Å². The van der Waals surface area contributed by atoms with Gasteiger partial charge in [-0.2, -0.15) is 0 Å². The van der Waals surface area contributed by atoms with E-state index in [0.29, 0.717) is 13.0 Å². The lowest BCUT2D eigenvalue weighted by atomic mass is 10.2. The average Bonchev–Trinajstić information content (AvgIpc) is 3.33. The largest absolute Gasteiger partial charge is 0.462 e. The number of thiophene rings is 1. The number of amides is 1. The van der Waals surface area contributed by atoms with Crippen LogP contribution in [-0.4, -0.2) is 50.1 Å². The quantitative estimate of drug-likeness (QED) is 0.726. The molecule has 1 saturated heterocycles. The molecule has 1 fully saturated rings. The summed E-state index contributed by atoms with van der Waals surface area (Å²) >= 11 is 1.63. The third-order valence-electron chi connectivity index (χ3n) is 4.84. The minimum Gasteiger partial charge on any atom is -0.462 e. The highest BCUT2D eigenvalue weighted by atomic mass is 32.1. The van der Waals surface area contributed by atoms with E-state index in [9.17, 15) is 4.79 Å². The zero-order chi connectivity index (χ0) is 17.8. The van der Waals surface area contributed by atoms with Crippen LogP contribution in [0.25, 0.3) is 11.0 Å². The summed E-state index contributed by atoms with van der Waals surface area (Å²) in [5.41, 5.74) is 2.15. The molecule has 0 atom stereocenters. The van der Waals surface area contributed by atoms with E-state index < -0.39 is 0 Å². The number of nitrogens with one attached hydrogen (secondary N) is 1. The number of nitrogens with zero attached hydrogens (tertiary/aromatic N) is 2. The number of piperazine rings is 1. The summed E-state index contributed by atoms with van der Waals surface area (Å²) in [6, 6.07) is 12.3. The van der Waals surface area contributed by atoms with E-state index in [4.69, 9.17) is 4.42 Å². The number of fused-ring (bicyclic) bond motifs is 1. The first-order chi connectivity index (χ1) is 12.8. The smallest absolute Gasteiger partial charge is 0.225 e. The van der Waals surface area contributed by atoms with Crippen molar-refractivity contribution in [3.63, 3.8) is 0 Å². The van der Waals surface area contributed by atoms with Crippen LogP contribution < -0.4 is 10.2 Å². The van der Waals surface area contributed by atoms with Gasteiger partial charge in [0.15, 0.2) is 5.58 Å². The van der Waals surface area contributed by atoms with Crippen LogP contribution in [0.5, 0.6) is 0 Å². The van der Waals surface area contributed by atoms with E-state index in [2.05, 4.69) is 33.3 Å². The SMILES string of the molecule is O=C(Cc1cccs1)NCCN1CCN(c2cccc3ccoc23)CC1. The molecule has 1 aromatic carbocycles. The van der Waals surface area contributed by atoms with Gasteiger partial charge in [0.05, 0.1) is 18.4 Å². The topological polar surface area (TPSA) is 48.7 Å². The van der Waals surface area contributed by atoms with Crippen LogP contribution in [0.1, 0.15) is 4.88 Å². The summed E-state index contributed by atoms with van der Waals surface area (Å²) in [4.78, 5) is 17.9. The summed E-state index contributed by atoms with van der Waals surface area (Å²) in [5.74, 6) is 0.107. The number of rotatable bonds is 6. The first-order valence-electron chi connectivity index (χ1n) is 9.02. The Bertz CT molecular complexity index is 851. The molecule has 5 nitrogen and oxygen atoms in total. The van der Waals surface area contributed by atoms with Gasteiger partial charge in [0.25, 0.3) is 0 Å². The van der Waals surface area contributed by atoms with E-state index in [-0.39, 0.29) is 5.91 Å². The number of para-hydroxylation sites is 1. The fourth-order valence-corrected chi connectivity index (χ4v) is 4.13. The summed E-state index contributed by atoms with van der Waals surface area (Å²) in [6.45, 7) is 5.55. The number of benzene rings is 1. The molecule has 1 amide bonds. The van der Waals surface area contributed by atoms with Crippen LogP contribution in [0, 0.1) is 0 Å². The third kappa shape index (κ3) is 3.92. The van der Waals surface area contributed by atoms with Crippen molar-refractivity contribution in [1.29, 1.82) is 0 Å². The Labute approximate surface area is 157 Å². The van der Waals surface area contributed by atoms with Gasteiger partial charge < -0.3 is 14.6 Å². The number of furan rings is 1. The normalized spacial score (nSPS) is 15.5. The van der Waals surface area contributed by atoms with E-state index >= 15 is 0 Å². The van der Waals surface area contributed by atoms with Crippen molar-refractivity contribution in [1.82, 2.24) is 10.2 Å². The standard InChI is InChI=1S/C20H23N3O2S/c24-19(15-17-4-2-14-26-17)21-7-8-22-9-11-23(12-10-22)18-5-1-3-16-6-13-25-20(16)18/h1-6,13-14H,7-12,15H2,(H,21,24). The Morgan fingerprint density at radius 2 is 2.00 bits per heavy atom. The van der Waals surface area contributed by atoms with Crippen molar-refractivity contribution < 1.29 is 9.21 Å². The maximum atomic E-state index is 11.9. The van der Waals surface area contributed by atoms with Crippen molar-refractivity contribution in [3.8, 4) is 0 Å². The molecule has 0 bridgehead atoms. The maximum absolute atomic E-state index is 11.9. The number of hydrogen-bond donors (Lipinski definition) is 1. The lowest BCUT2D eigenvalue weighted by Gasteiger charge is -2.36. The van der Waals surface area contributed by atoms with Crippen LogP contribution in [0.2, 0.25) is 0 Å². The molecule has 1 N–H and O–H groups in total. The summed E-state index contributed by atoms with van der Waals surface area (Å²) in [7, 11) is 0. The molecule has 136 valence electrons. The van der Waals surface area contributed by atoms with E-state index in [1.807, 2.05) is 23.6 Å². The van der Waals surface area contributed by atoms with E-state index in [1.165, 1.54) is 5.69 Å². The third-order valence-corrected chi connectivity index (χ3v) is 5.71. The molecule has 0 radical (unpaired) electrons. The highest BCUT2D eigenvalue weighted by molar-refractivity contribution is 7.10. The molecule has 26 heavy (non-hydrogen) atoms. The zero-order valence-corrected chi connectivity index (χ0v) is 15.5. The first kappa shape index (κ1) is 17.1. The molecule has 4 rings (SSSR count). The van der Waals surface area contributed by atoms with Crippen LogP contribution in [-0.2, 0) is 11.2 Å². The number of carbonyl (C=O) groups is 1. The Morgan fingerprint density at radius 3 is 2.81 bits per heavy atom. The highest BCUT2D eigenvalue weighted by Gasteiger charge is 2.19. The Balaban J connectivity index is 1.23. The van der Waals surface area contributed by atoms with Gasteiger partial charge in [0, 0.05) is 49.5 Å². The monoisotopic (exact) mass is 369 g/mol. The van der Waals surface area contributed by atoms with Gasteiger partial charge in [-0.3, -0.25) is 9.69 Å². The molecular weight excluding hydrogens is 346 g/mol. The van der Waals surface area contributed by atoms with Crippen molar-refractivity contribution in [2.24, 2.45) is 0 Å². The lowest BCUT2D eigenvalue weighted by Crippen LogP contribution is -2.48. The molecule has 0 spiro atoms. The maximum Gasteiger partial charge on any atom is 0.225 e. The molecule has 3 heterocycles. The molecule has 0 unspecified atom stereocenters. The van der Waals surface area contributed by atoms with Crippen molar-refractivity contribution in [2.75, 3.05) is 44.2 Å². The van der Waals surface area contributed by atoms with Gasteiger partial charge >= 0.3 is 0 Å². The zero-order valence-electron chi connectivity index (χ0n) is 14.7. The van der Waals surface area contributed by atoms with Crippen LogP contribution in [0.4, 0.5) is 5.69 Å². The van der Waals surface area contributed by atoms with E-state index in [1.54, 1.807) is 17.6 Å². The predicted octanol–water partition coefficient (Wildman–Crippen LogP) is 2.98. The fourth-order valence-electron chi connectivity index (χ4n) is 3.43. The Kier molecular flexibility index (Phi) is 5.22. The van der Waals surface area contributed by atoms with Crippen LogP contribution in [0.3, 0.4) is 0 Å². The number of hydrogen-bond acceptors (Lipinski definition) is 5. The summed E-state index contributed by atoms with van der Waals surface area (Å²) in [6.07, 6.45) is 2.24. The second kappa shape index (κ2) is 7.93. The van der Waals surface area contributed by atoms with Crippen molar-refractivity contribution in [3.05, 3.63) is 52.9 Å². The van der Waals surface area contributed by atoms with Crippen LogP contribution >= 0.6 is 11.3 Å². The molecule has 0 aliphatic carbocycles. The molecular formula is C20H23N3O2S. The minimum atomic E-state index is 0.107. The predicted molar refractivity (Wildman–Crippen MR) is 106 cm³/mol. The van der Waals surface area contributed by atoms with E-state index in [0.717, 1.165) is 48.6 Å². The molecule has 3 aromatic rings. The Morgan fingerprint density at radius 1 is 1.12 bits per heavy atom. The second-order valence-corrected chi connectivity index (χ2v) is 7.58. The summed E-state index contributed by atoms with van der Waals surface area (Å²) < 4.78 is 5.66. The van der Waals surface area contributed by atoms with Crippen LogP contribution in [0.15, 0.2) is 52.5 Å². The average molecular weight is 369 g/mol. The van der Waals surface area contributed by atoms with Gasteiger partial charge in [-0.15, -0.1) is 11.3 Å².